The molecule has 1 fully saturated rings. The van der Waals surface area contributed by atoms with Gasteiger partial charge in [-0.25, -0.2) is 4.79 Å². The van der Waals surface area contributed by atoms with Crippen molar-refractivity contribution in [2.24, 2.45) is 11.7 Å². The van der Waals surface area contributed by atoms with Crippen LogP contribution >= 0.6 is 0 Å². The van der Waals surface area contributed by atoms with Crippen molar-refractivity contribution in [3.63, 3.8) is 0 Å². The molecule has 0 bridgehead atoms. The van der Waals surface area contributed by atoms with Crippen molar-refractivity contribution in [3.8, 4) is 0 Å². The maximum absolute atomic E-state index is 12.7. The molecule has 3 amide bonds. The Morgan fingerprint density at radius 2 is 1.92 bits per heavy atom. The minimum absolute atomic E-state index is 0.0209. The summed E-state index contributed by atoms with van der Waals surface area (Å²) in [5.74, 6) is 0.353. The summed E-state index contributed by atoms with van der Waals surface area (Å²) < 4.78 is 0. The second kappa shape index (κ2) is 8.01. The SMILES string of the molecule is Cc1ccc(C(=O)N2CCC(CN)C2)cc1NC(=O)Nc1ccccc1. The van der Waals surface area contributed by atoms with E-state index in [0.717, 1.165) is 18.5 Å². The number of hydrogen-bond donors (Lipinski definition) is 3. The number of rotatable bonds is 4. The third-order valence-electron chi connectivity index (χ3n) is 4.67. The van der Waals surface area contributed by atoms with E-state index in [0.29, 0.717) is 35.9 Å². The highest BCUT2D eigenvalue weighted by Crippen LogP contribution is 2.22. The van der Waals surface area contributed by atoms with Gasteiger partial charge in [0.15, 0.2) is 0 Å². The van der Waals surface area contributed by atoms with E-state index >= 15 is 0 Å². The van der Waals surface area contributed by atoms with E-state index in [1.807, 2.05) is 48.2 Å². The first kappa shape index (κ1) is 17.9. The molecule has 1 aliphatic heterocycles. The molecule has 0 aliphatic carbocycles. The monoisotopic (exact) mass is 352 g/mol. The molecule has 0 aromatic heterocycles. The number of benzene rings is 2. The summed E-state index contributed by atoms with van der Waals surface area (Å²) in [6.45, 7) is 3.92. The van der Waals surface area contributed by atoms with Crippen molar-refractivity contribution in [1.29, 1.82) is 0 Å². The molecule has 2 aromatic carbocycles. The van der Waals surface area contributed by atoms with Gasteiger partial charge in [0.25, 0.3) is 5.91 Å². The Hall–Kier alpha value is -2.86. The van der Waals surface area contributed by atoms with Crippen LogP contribution in [0.5, 0.6) is 0 Å². The predicted molar refractivity (Wildman–Crippen MR) is 103 cm³/mol. The fraction of sp³-hybridized carbons (Fsp3) is 0.300. The van der Waals surface area contributed by atoms with Crippen molar-refractivity contribution >= 4 is 23.3 Å². The number of aryl methyl sites for hydroxylation is 1. The molecule has 1 atom stereocenters. The lowest BCUT2D eigenvalue weighted by molar-refractivity contribution is 0.0787. The van der Waals surface area contributed by atoms with E-state index < -0.39 is 0 Å². The van der Waals surface area contributed by atoms with Gasteiger partial charge in [0, 0.05) is 30.0 Å². The van der Waals surface area contributed by atoms with Crippen molar-refractivity contribution in [2.75, 3.05) is 30.3 Å². The van der Waals surface area contributed by atoms with E-state index in [1.54, 1.807) is 12.1 Å². The predicted octanol–water partition coefficient (Wildman–Crippen LogP) is 3.06. The Morgan fingerprint density at radius 3 is 2.62 bits per heavy atom. The van der Waals surface area contributed by atoms with Crippen LogP contribution in [0.15, 0.2) is 48.5 Å². The van der Waals surface area contributed by atoms with Gasteiger partial charge in [0.2, 0.25) is 0 Å². The zero-order valence-corrected chi connectivity index (χ0v) is 14.9. The maximum Gasteiger partial charge on any atom is 0.323 e. The summed E-state index contributed by atoms with van der Waals surface area (Å²) in [6.07, 6.45) is 0.943. The van der Waals surface area contributed by atoms with Gasteiger partial charge in [-0.05, 0) is 55.6 Å². The number of nitrogens with one attached hydrogen (secondary N) is 2. The number of nitrogens with zero attached hydrogens (tertiary/aromatic N) is 1. The first-order valence-electron chi connectivity index (χ1n) is 8.80. The molecule has 6 nitrogen and oxygen atoms in total. The zero-order chi connectivity index (χ0) is 18.5. The van der Waals surface area contributed by atoms with E-state index in [-0.39, 0.29) is 11.9 Å². The van der Waals surface area contributed by atoms with Crippen LogP contribution in [0.2, 0.25) is 0 Å². The van der Waals surface area contributed by atoms with Gasteiger partial charge < -0.3 is 21.3 Å². The summed E-state index contributed by atoms with van der Waals surface area (Å²) >= 11 is 0. The van der Waals surface area contributed by atoms with Gasteiger partial charge >= 0.3 is 6.03 Å². The first-order valence-corrected chi connectivity index (χ1v) is 8.80. The van der Waals surface area contributed by atoms with Crippen LogP contribution in [0.3, 0.4) is 0 Å². The smallest absolute Gasteiger partial charge is 0.323 e. The lowest BCUT2D eigenvalue weighted by Crippen LogP contribution is -2.30. The number of urea groups is 1. The molecule has 1 unspecified atom stereocenters. The van der Waals surface area contributed by atoms with E-state index in [1.165, 1.54) is 0 Å². The lowest BCUT2D eigenvalue weighted by Gasteiger charge is -2.18. The molecule has 0 spiro atoms. The summed E-state index contributed by atoms with van der Waals surface area (Å²) in [5.41, 5.74) is 8.50. The number of carbonyl (C=O) groups is 2. The molecule has 1 saturated heterocycles. The maximum atomic E-state index is 12.7. The van der Waals surface area contributed by atoms with Crippen molar-refractivity contribution in [1.82, 2.24) is 4.90 Å². The summed E-state index contributed by atoms with van der Waals surface area (Å²) in [5, 5.41) is 5.60. The van der Waals surface area contributed by atoms with Gasteiger partial charge in [-0.15, -0.1) is 0 Å². The normalized spacial score (nSPS) is 16.4. The highest BCUT2D eigenvalue weighted by atomic mass is 16.2. The van der Waals surface area contributed by atoms with Crippen LogP contribution in [0.25, 0.3) is 0 Å². The van der Waals surface area contributed by atoms with Gasteiger partial charge in [0.05, 0.1) is 0 Å². The van der Waals surface area contributed by atoms with Crippen LogP contribution in [-0.4, -0.2) is 36.5 Å². The number of nitrogens with two attached hydrogens (primary N) is 1. The molecule has 136 valence electrons. The fourth-order valence-electron chi connectivity index (χ4n) is 3.09. The average Bonchev–Trinajstić information content (AvgIpc) is 3.13. The molecule has 6 heteroatoms. The second-order valence-corrected chi connectivity index (χ2v) is 6.62. The molecular formula is C20H24N4O2. The lowest BCUT2D eigenvalue weighted by atomic mass is 10.1. The fourth-order valence-corrected chi connectivity index (χ4v) is 3.09. The first-order chi connectivity index (χ1) is 12.6. The van der Waals surface area contributed by atoms with Crippen molar-refractivity contribution in [3.05, 3.63) is 59.7 Å². The third kappa shape index (κ3) is 4.21. The van der Waals surface area contributed by atoms with Crippen LogP contribution < -0.4 is 16.4 Å². The largest absolute Gasteiger partial charge is 0.338 e. The molecule has 0 radical (unpaired) electrons. The average molecular weight is 352 g/mol. The molecular weight excluding hydrogens is 328 g/mol. The molecule has 1 heterocycles. The Morgan fingerprint density at radius 1 is 1.15 bits per heavy atom. The number of anilines is 2. The quantitative estimate of drug-likeness (QED) is 0.790. The van der Waals surface area contributed by atoms with E-state index in [2.05, 4.69) is 10.6 Å². The highest BCUT2D eigenvalue weighted by molar-refractivity contribution is 6.02. The Bertz CT molecular complexity index is 792. The summed E-state index contributed by atoms with van der Waals surface area (Å²) in [7, 11) is 0. The number of para-hydroxylation sites is 1. The minimum atomic E-state index is -0.340. The molecule has 2 aromatic rings. The summed E-state index contributed by atoms with van der Waals surface area (Å²) in [4.78, 5) is 26.8. The van der Waals surface area contributed by atoms with Crippen molar-refractivity contribution < 1.29 is 9.59 Å². The highest BCUT2D eigenvalue weighted by Gasteiger charge is 2.26. The van der Waals surface area contributed by atoms with E-state index in [9.17, 15) is 9.59 Å². The Balaban J connectivity index is 1.69. The van der Waals surface area contributed by atoms with Crippen molar-refractivity contribution in [2.45, 2.75) is 13.3 Å². The minimum Gasteiger partial charge on any atom is -0.338 e. The second-order valence-electron chi connectivity index (χ2n) is 6.62. The third-order valence-corrected chi connectivity index (χ3v) is 4.67. The molecule has 3 rings (SSSR count). The number of hydrogen-bond acceptors (Lipinski definition) is 3. The number of likely N-dealkylation sites (tertiary alicyclic amines) is 1. The van der Waals surface area contributed by atoms with Gasteiger partial charge in [-0.2, -0.15) is 0 Å². The molecule has 4 N–H and O–H groups in total. The molecule has 0 saturated carbocycles. The number of amides is 3. The Kier molecular flexibility index (Phi) is 5.53. The van der Waals surface area contributed by atoms with Gasteiger partial charge in [-0.1, -0.05) is 24.3 Å². The molecule has 1 aliphatic rings. The van der Waals surface area contributed by atoms with Crippen LogP contribution in [0.4, 0.5) is 16.2 Å². The topological polar surface area (TPSA) is 87.5 Å². The molecule has 26 heavy (non-hydrogen) atoms. The van der Waals surface area contributed by atoms with Gasteiger partial charge in [-0.3, -0.25) is 4.79 Å². The van der Waals surface area contributed by atoms with Gasteiger partial charge in [0.1, 0.15) is 0 Å². The standard InChI is InChI=1S/C20H24N4O2/c1-14-7-8-16(19(25)24-10-9-15(12-21)13-24)11-18(14)23-20(26)22-17-5-3-2-4-6-17/h2-8,11,15H,9-10,12-13,21H2,1H3,(H2,22,23,26). The van der Waals surface area contributed by atoms with E-state index in [4.69, 9.17) is 5.73 Å². The van der Waals surface area contributed by atoms with Crippen LogP contribution in [0, 0.1) is 12.8 Å². The number of carbonyl (C=O) groups excluding carboxylic acids is 2. The van der Waals surface area contributed by atoms with Crippen LogP contribution in [-0.2, 0) is 0 Å². The van der Waals surface area contributed by atoms with Crippen LogP contribution in [0.1, 0.15) is 22.3 Å². The zero-order valence-electron chi connectivity index (χ0n) is 14.9. The summed E-state index contributed by atoms with van der Waals surface area (Å²) in [6, 6.07) is 14.3. The Labute approximate surface area is 153 Å².